The van der Waals surface area contributed by atoms with E-state index in [4.69, 9.17) is 4.74 Å². The van der Waals surface area contributed by atoms with Crippen LogP contribution in [0.15, 0.2) is 54.6 Å². The number of hydrogen-bond acceptors (Lipinski definition) is 4. The van der Waals surface area contributed by atoms with Crippen molar-refractivity contribution in [2.45, 2.75) is 51.8 Å². The zero-order valence-corrected chi connectivity index (χ0v) is 19.6. The monoisotopic (exact) mass is 455 g/mol. The predicted octanol–water partition coefficient (Wildman–Crippen LogP) is 4.42. The molecule has 1 heterocycles. The fraction of sp³-hybridized carbons (Fsp3) is 0.462. The Hall–Kier alpha value is -2.93. The number of amides is 2. The van der Waals surface area contributed by atoms with Crippen molar-refractivity contribution in [3.05, 3.63) is 71.5 Å². The van der Waals surface area contributed by atoms with Crippen LogP contribution in [0.2, 0.25) is 0 Å². The van der Waals surface area contributed by atoms with Crippen LogP contribution in [0.3, 0.4) is 0 Å². The van der Waals surface area contributed by atoms with Crippen molar-refractivity contribution in [1.29, 1.82) is 0 Å². The highest BCUT2D eigenvalue weighted by Gasteiger charge is 2.27. The number of piperidine rings is 1. The molecule has 0 spiro atoms. The summed E-state index contributed by atoms with van der Waals surface area (Å²) in [6, 6.07) is 15.2. The van der Waals surface area contributed by atoms with Gasteiger partial charge in [-0.2, -0.15) is 0 Å². The second-order valence-electron chi connectivity index (χ2n) is 9.55. The Bertz CT molecular complexity index is 922. The molecule has 3 rings (SSSR count). The van der Waals surface area contributed by atoms with Crippen molar-refractivity contribution in [3.8, 4) is 0 Å². The number of nitrogens with zero attached hydrogens (tertiary/aromatic N) is 1. The zero-order chi connectivity index (χ0) is 23.8. The lowest BCUT2D eigenvalue weighted by Gasteiger charge is -2.32. The second-order valence-corrected chi connectivity index (χ2v) is 9.55. The number of carbonyl (C=O) groups is 2. The second kappa shape index (κ2) is 11.3. The maximum atomic E-state index is 13.9. The van der Waals surface area contributed by atoms with E-state index < -0.39 is 17.7 Å². The molecule has 7 heteroatoms. The van der Waals surface area contributed by atoms with Crippen LogP contribution in [0.5, 0.6) is 0 Å². The lowest BCUT2D eigenvalue weighted by Crippen LogP contribution is -2.44. The van der Waals surface area contributed by atoms with Crippen LogP contribution < -0.4 is 10.6 Å². The van der Waals surface area contributed by atoms with Crippen LogP contribution in [0.1, 0.15) is 50.8 Å². The summed E-state index contributed by atoms with van der Waals surface area (Å²) in [7, 11) is 0. The Kier molecular flexibility index (Phi) is 8.44. The normalized spacial score (nSPS) is 16.1. The van der Waals surface area contributed by atoms with Gasteiger partial charge in [-0.05, 0) is 64.3 Å². The Morgan fingerprint density at radius 2 is 1.70 bits per heavy atom. The van der Waals surface area contributed by atoms with Crippen molar-refractivity contribution in [2.75, 3.05) is 19.6 Å². The first-order valence-corrected chi connectivity index (χ1v) is 11.5. The van der Waals surface area contributed by atoms with Gasteiger partial charge in [-0.1, -0.05) is 48.5 Å². The van der Waals surface area contributed by atoms with Gasteiger partial charge in [-0.3, -0.25) is 9.69 Å². The molecule has 0 radical (unpaired) electrons. The van der Waals surface area contributed by atoms with E-state index >= 15 is 0 Å². The van der Waals surface area contributed by atoms with E-state index in [1.807, 2.05) is 42.5 Å². The van der Waals surface area contributed by atoms with E-state index in [0.717, 1.165) is 25.9 Å². The van der Waals surface area contributed by atoms with Crippen LogP contribution in [0, 0.1) is 11.7 Å². The van der Waals surface area contributed by atoms with E-state index in [9.17, 15) is 14.0 Å². The molecule has 2 aromatic rings. The third kappa shape index (κ3) is 7.86. The zero-order valence-electron chi connectivity index (χ0n) is 19.6. The molecule has 1 saturated heterocycles. The molecule has 6 nitrogen and oxygen atoms in total. The Balaban J connectivity index is 1.52. The van der Waals surface area contributed by atoms with Gasteiger partial charge in [0, 0.05) is 18.7 Å². The third-order valence-corrected chi connectivity index (χ3v) is 5.68. The van der Waals surface area contributed by atoms with E-state index in [2.05, 4.69) is 15.5 Å². The summed E-state index contributed by atoms with van der Waals surface area (Å²) >= 11 is 0. The highest BCUT2D eigenvalue weighted by atomic mass is 19.1. The number of likely N-dealkylation sites (tertiary alicyclic amines) is 1. The smallest absolute Gasteiger partial charge is 0.408 e. The Morgan fingerprint density at radius 1 is 1.06 bits per heavy atom. The van der Waals surface area contributed by atoms with E-state index in [-0.39, 0.29) is 11.7 Å². The topological polar surface area (TPSA) is 70.7 Å². The number of ether oxygens (including phenoxy) is 1. The van der Waals surface area contributed by atoms with E-state index in [1.54, 1.807) is 26.8 Å². The molecule has 2 amide bonds. The van der Waals surface area contributed by atoms with E-state index in [0.29, 0.717) is 30.1 Å². The van der Waals surface area contributed by atoms with Crippen molar-refractivity contribution in [2.24, 2.45) is 5.92 Å². The predicted molar refractivity (Wildman–Crippen MR) is 126 cm³/mol. The summed E-state index contributed by atoms with van der Waals surface area (Å²) in [5.74, 6) is -0.0963. The molecule has 1 fully saturated rings. The molecule has 0 unspecified atom stereocenters. The van der Waals surface area contributed by atoms with Gasteiger partial charge in [-0.25, -0.2) is 9.18 Å². The molecule has 0 aliphatic carbocycles. The number of hydrogen-bond donors (Lipinski definition) is 2. The first-order valence-electron chi connectivity index (χ1n) is 11.5. The maximum absolute atomic E-state index is 13.9. The van der Waals surface area contributed by atoms with Gasteiger partial charge in [0.05, 0.1) is 0 Å². The summed E-state index contributed by atoms with van der Waals surface area (Å²) < 4.78 is 19.3. The lowest BCUT2D eigenvalue weighted by atomic mass is 9.96. The number of alkyl carbamates (subject to hydrolysis) is 1. The van der Waals surface area contributed by atoms with Crippen molar-refractivity contribution >= 4 is 12.0 Å². The van der Waals surface area contributed by atoms with Crippen LogP contribution >= 0.6 is 0 Å². The number of nitrogens with one attached hydrogen (secondary N) is 2. The first-order chi connectivity index (χ1) is 15.7. The van der Waals surface area contributed by atoms with Crippen molar-refractivity contribution in [1.82, 2.24) is 15.5 Å². The van der Waals surface area contributed by atoms with Gasteiger partial charge >= 0.3 is 6.09 Å². The molecule has 0 saturated carbocycles. The number of carbonyl (C=O) groups excluding carboxylic acids is 2. The summed E-state index contributed by atoms with van der Waals surface area (Å²) in [5.41, 5.74) is 0.752. The standard InChI is InChI=1S/C26H34FN3O3/c1-26(2,3)33-25(32)29-23(20-9-5-4-6-10-20)24(31)28-17-19-13-15-30(16-14-19)18-21-11-7-8-12-22(21)27/h4-12,19,23H,13-18H2,1-3H3,(H,28,31)(H,29,32)/t23-/m0/s1. The molecule has 178 valence electrons. The third-order valence-electron chi connectivity index (χ3n) is 5.68. The molecule has 0 aromatic heterocycles. The molecular formula is C26H34FN3O3. The molecule has 0 bridgehead atoms. The summed E-state index contributed by atoms with van der Waals surface area (Å²) in [4.78, 5) is 27.6. The minimum atomic E-state index is -0.831. The van der Waals surface area contributed by atoms with Gasteiger partial charge in [0.2, 0.25) is 5.91 Å². The van der Waals surface area contributed by atoms with Gasteiger partial charge in [0.15, 0.2) is 0 Å². The van der Waals surface area contributed by atoms with Gasteiger partial charge in [0.25, 0.3) is 0 Å². The van der Waals surface area contributed by atoms with Crippen LogP contribution in [0.25, 0.3) is 0 Å². The molecule has 1 aliphatic rings. The van der Waals surface area contributed by atoms with Gasteiger partial charge in [0.1, 0.15) is 17.5 Å². The Labute approximate surface area is 195 Å². The largest absolute Gasteiger partial charge is 0.444 e. The fourth-order valence-corrected chi connectivity index (χ4v) is 3.93. The summed E-state index contributed by atoms with van der Waals surface area (Å²) in [6.07, 6.45) is 1.21. The van der Waals surface area contributed by atoms with Gasteiger partial charge < -0.3 is 15.4 Å². The van der Waals surface area contributed by atoms with Crippen LogP contribution in [-0.2, 0) is 16.1 Å². The molecule has 33 heavy (non-hydrogen) atoms. The van der Waals surface area contributed by atoms with Crippen LogP contribution in [-0.4, -0.2) is 42.1 Å². The minimum Gasteiger partial charge on any atom is -0.444 e. The fourth-order valence-electron chi connectivity index (χ4n) is 3.93. The number of rotatable bonds is 7. The maximum Gasteiger partial charge on any atom is 0.408 e. The highest BCUT2D eigenvalue weighted by molar-refractivity contribution is 5.86. The molecule has 1 aliphatic heterocycles. The molecular weight excluding hydrogens is 421 g/mol. The average Bonchev–Trinajstić information content (AvgIpc) is 2.78. The molecule has 2 N–H and O–H groups in total. The molecule has 2 aromatic carbocycles. The average molecular weight is 456 g/mol. The van der Waals surface area contributed by atoms with E-state index in [1.165, 1.54) is 6.07 Å². The number of benzene rings is 2. The molecule has 1 atom stereocenters. The minimum absolute atomic E-state index is 0.170. The quantitative estimate of drug-likeness (QED) is 0.648. The lowest BCUT2D eigenvalue weighted by molar-refractivity contribution is -0.123. The van der Waals surface area contributed by atoms with Crippen molar-refractivity contribution < 1.29 is 18.7 Å². The van der Waals surface area contributed by atoms with Crippen molar-refractivity contribution in [3.63, 3.8) is 0 Å². The SMILES string of the molecule is CC(C)(C)OC(=O)N[C@H](C(=O)NCC1CCN(Cc2ccccc2F)CC1)c1ccccc1. The van der Waals surface area contributed by atoms with Crippen LogP contribution in [0.4, 0.5) is 9.18 Å². The first kappa shape index (κ1) is 24.7. The number of halogens is 1. The van der Waals surface area contributed by atoms with Gasteiger partial charge in [-0.15, -0.1) is 0 Å². The summed E-state index contributed by atoms with van der Waals surface area (Å²) in [5, 5.41) is 5.71. The summed E-state index contributed by atoms with van der Waals surface area (Å²) in [6.45, 7) is 8.18. The Morgan fingerprint density at radius 3 is 2.33 bits per heavy atom. The highest BCUT2D eigenvalue weighted by Crippen LogP contribution is 2.20.